The van der Waals surface area contributed by atoms with Crippen LogP contribution in [0.4, 0.5) is 4.39 Å². The van der Waals surface area contributed by atoms with Crippen LogP contribution in [-0.4, -0.2) is 13.2 Å². The molecule has 0 spiro atoms. The zero-order valence-electron chi connectivity index (χ0n) is 10.8. The molecule has 1 aromatic rings. The molecular formula is C15H20FNO. The molecule has 0 amide bonds. The maximum atomic E-state index is 13.1. The van der Waals surface area contributed by atoms with Gasteiger partial charge >= 0.3 is 0 Å². The van der Waals surface area contributed by atoms with E-state index in [0.717, 1.165) is 12.8 Å². The van der Waals surface area contributed by atoms with Gasteiger partial charge in [0.15, 0.2) is 0 Å². The molecule has 0 heterocycles. The van der Waals surface area contributed by atoms with Crippen LogP contribution in [0.15, 0.2) is 18.2 Å². The lowest BCUT2D eigenvalue weighted by Gasteiger charge is -2.08. The van der Waals surface area contributed by atoms with Crippen LogP contribution in [-0.2, 0) is 0 Å². The van der Waals surface area contributed by atoms with Gasteiger partial charge in [0, 0.05) is 6.07 Å². The van der Waals surface area contributed by atoms with Crippen LogP contribution in [0.1, 0.15) is 38.2 Å². The molecule has 0 aliphatic rings. The molecule has 0 bridgehead atoms. The van der Waals surface area contributed by atoms with Crippen LogP contribution >= 0.6 is 0 Å². The SMILES string of the molecule is CCCCCCOc1cc(F)ccc1C#CCN. The molecule has 1 rings (SSSR count). The lowest BCUT2D eigenvalue weighted by atomic mass is 10.2. The standard InChI is InChI=1S/C15H20FNO/c1-2-3-4-5-11-18-15-12-14(16)9-8-13(15)7-6-10-17/h8-9,12H,2-5,10-11,17H2,1H3. The van der Waals surface area contributed by atoms with Crippen LogP contribution < -0.4 is 10.5 Å². The summed E-state index contributed by atoms with van der Waals surface area (Å²) in [7, 11) is 0. The number of benzene rings is 1. The van der Waals surface area contributed by atoms with Crippen molar-refractivity contribution in [2.75, 3.05) is 13.2 Å². The Morgan fingerprint density at radius 2 is 2.11 bits per heavy atom. The number of halogens is 1. The van der Waals surface area contributed by atoms with Gasteiger partial charge in [-0.25, -0.2) is 4.39 Å². The van der Waals surface area contributed by atoms with Gasteiger partial charge in [0.2, 0.25) is 0 Å². The molecular weight excluding hydrogens is 229 g/mol. The fourth-order valence-electron chi connectivity index (χ4n) is 1.58. The Morgan fingerprint density at radius 3 is 2.83 bits per heavy atom. The van der Waals surface area contributed by atoms with Crippen LogP contribution in [0.2, 0.25) is 0 Å². The van der Waals surface area contributed by atoms with Crippen molar-refractivity contribution < 1.29 is 9.13 Å². The smallest absolute Gasteiger partial charge is 0.137 e. The van der Waals surface area contributed by atoms with E-state index < -0.39 is 0 Å². The van der Waals surface area contributed by atoms with Crippen molar-refractivity contribution in [2.45, 2.75) is 32.6 Å². The minimum Gasteiger partial charge on any atom is -0.492 e. The van der Waals surface area contributed by atoms with E-state index in [0.29, 0.717) is 17.9 Å². The summed E-state index contributed by atoms with van der Waals surface area (Å²) < 4.78 is 18.7. The Hall–Kier alpha value is -1.53. The van der Waals surface area contributed by atoms with E-state index in [1.807, 2.05) is 0 Å². The number of hydrogen-bond acceptors (Lipinski definition) is 2. The summed E-state index contributed by atoms with van der Waals surface area (Å²) in [6.45, 7) is 3.04. The van der Waals surface area contributed by atoms with Gasteiger partial charge in [0.25, 0.3) is 0 Å². The topological polar surface area (TPSA) is 35.2 Å². The second-order valence-electron chi connectivity index (χ2n) is 4.06. The highest BCUT2D eigenvalue weighted by Gasteiger charge is 2.03. The van der Waals surface area contributed by atoms with Crippen molar-refractivity contribution in [3.63, 3.8) is 0 Å². The Bertz CT molecular complexity index is 420. The van der Waals surface area contributed by atoms with Crippen molar-refractivity contribution in [2.24, 2.45) is 5.73 Å². The van der Waals surface area contributed by atoms with Crippen molar-refractivity contribution in [3.8, 4) is 17.6 Å². The molecule has 2 nitrogen and oxygen atoms in total. The molecule has 0 radical (unpaired) electrons. The van der Waals surface area contributed by atoms with E-state index in [9.17, 15) is 4.39 Å². The number of rotatable bonds is 6. The Labute approximate surface area is 108 Å². The third-order valence-electron chi connectivity index (χ3n) is 2.52. The second-order valence-corrected chi connectivity index (χ2v) is 4.06. The first-order chi connectivity index (χ1) is 8.77. The molecule has 0 aromatic heterocycles. The molecule has 0 saturated heterocycles. The van der Waals surface area contributed by atoms with Crippen LogP contribution in [0.3, 0.4) is 0 Å². The molecule has 0 aliphatic carbocycles. The predicted molar refractivity (Wildman–Crippen MR) is 72.0 cm³/mol. The molecule has 18 heavy (non-hydrogen) atoms. The fraction of sp³-hybridized carbons (Fsp3) is 0.467. The molecule has 0 atom stereocenters. The monoisotopic (exact) mass is 249 g/mol. The van der Waals surface area contributed by atoms with E-state index in [4.69, 9.17) is 10.5 Å². The lowest BCUT2D eigenvalue weighted by molar-refractivity contribution is 0.303. The van der Waals surface area contributed by atoms with Gasteiger partial charge in [0.05, 0.1) is 18.7 Å². The van der Waals surface area contributed by atoms with Gasteiger partial charge in [-0.3, -0.25) is 0 Å². The molecule has 0 unspecified atom stereocenters. The molecule has 2 N–H and O–H groups in total. The maximum Gasteiger partial charge on any atom is 0.137 e. The Kier molecular flexibility index (Phi) is 6.90. The van der Waals surface area contributed by atoms with Gasteiger partial charge < -0.3 is 10.5 Å². The summed E-state index contributed by atoms with van der Waals surface area (Å²) in [6, 6.07) is 4.38. The Balaban J connectivity index is 2.59. The minimum atomic E-state index is -0.308. The third kappa shape index (κ3) is 5.20. The largest absolute Gasteiger partial charge is 0.492 e. The lowest BCUT2D eigenvalue weighted by Crippen LogP contribution is -2.00. The number of unbranched alkanes of at least 4 members (excludes halogenated alkanes) is 3. The second kappa shape index (κ2) is 8.54. The third-order valence-corrected chi connectivity index (χ3v) is 2.52. The predicted octanol–water partition coefficient (Wildman–Crippen LogP) is 3.10. The van der Waals surface area contributed by atoms with Crippen molar-refractivity contribution in [3.05, 3.63) is 29.6 Å². The van der Waals surface area contributed by atoms with Gasteiger partial charge in [-0.15, -0.1) is 0 Å². The molecule has 0 aliphatic heterocycles. The van der Waals surface area contributed by atoms with Gasteiger partial charge in [-0.2, -0.15) is 0 Å². The van der Waals surface area contributed by atoms with E-state index >= 15 is 0 Å². The minimum absolute atomic E-state index is 0.285. The van der Waals surface area contributed by atoms with Crippen LogP contribution in [0.5, 0.6) is 5.75 Å². The molecule has 0 fully saturated rings. The van der Waals surface area contributed by atoms with Gasteiger partial charge in [-0.1, -0.05) is 38.0 Å². The summed E-state index contributed by atoms with van der Waals surface area (Å²) in [5.41, 5.74) is 6.01. The molecule has 98 valence electrons. The van der Waals surface area contributed by atoms with Gasteiger partial charge in [-0.05, 0) is 18.6 Å². The van der Waals surface area contributed by atoms with Crippen molar-refractivity contribution in [1.82, 2.24) is 0 Å². The first-order valence-corrected chi connectivity index (χ1v) is 6.39. The Morgan fingerprint density at radius 1 is 1.28 bits per heavy atom. The highest BCUT2D eigenvalue weighted by molar-refractivity contribution is 5.46. The summed E-state index contributed by atoms with van der Waals surface area (Å²) in [5, 5.41) is 0. The van der Waals surface area contributed by atoms with E-state index in [2.05, 4.69) is 18.8 Å². The van der Waals surface area contributed by atoms with Crippen LogP contribution in [0.25, 0.3) is 0 Å². The quantitative estimate of drug-likeness (QED) is 0.621. The first-order valence-electron chi connectivity index (χ1n) is 6.39. The average molecular weight is 249 g/mol. The summed E-state index contributed by atoms with van der Waals surface area (Å²) in [5.74, 6) is 5.83. The summed E-state index contributed by atoms with van der Waals surface area (Å²) in [6.07, 6.45) is 4.50. The van der Waals surface area contributed by atoms with E-state index in [1.165, 1.54) is 25.0 Å². The van der Waals surface area contributed by atoms with Crippen molar-refractivity contribution in [1.29, 1.82) is 0 Å². The molecule has 1 aromatic carbocycles. The maximum absolute atomic E-state index is 13.1. The van der Waals surface area contributed by atoms with E-state index in [-0.39, 0.29) is 12.4 Å². The number of hydrogen-bond donors (Lipinski definition) is 1. The summed E-state index contributed by atoms with van der Waals surface area (Å²) in [4.78, 5) is 0. The number of nitrogens with two attached hydrogens (primary N) is 1. The van der Waals surface area contributed by atoms with Gasteiger partial charge in [0.1, 0.15) is 11.6 Å². The average Bonchev–Trinajstić information content (AvgIpc) is 2.37. The zero-order valence-corrected chi connectivity index (χ0v) is 10.8. The molecule has 0 saturated carbocycles. The first kappa shape index (κ1) is 14.5. The van der Waals surface area contributed by atoms with E-state index in [1.54, 1.807) is 6.07 Å². The highest BCUT2D eigenvalue weighted by atomic mass is 19.1. The highest BCUT2D eigenvalue weighted by Crippen LogP contribution is 2.19. The molecule has 3 heteroatoms. The zero-order chi connectivity index (χ0) is 13.2. The number of ether oxygens (including phenoxy) is 1. The summed E-state index contributed by atoms with van der Waals surface area (Å²) >= 11 is 0. The normalized spacial score (nSPS) is 9.72. The van der Waals surface area contributed by atoms with Crippen LogP contribution in [0, 0.1) is 17.7 Å². The van der Waals surface area contributed by atoms with Crippen molar-refractivity contribution >= 4 is 0 Å². The fourth-order valence-corrected chi connectivity index (χ4v) is 1.58.